The largest absolute Gasteiger partial charge is 0.411 e. The molecule has 0 aromatic carbocycles. The minimum atomic E-state index is -4.32. The number of halogens is 3. The van der Waals surface area contributed by atoms with E-state index >= 15 is 0 Å². The average molecular weight is 302 g/mol. The summed E-state index contributed by atoms with van der Waals surface area (Å²) in [6.07, 6.45) is -1.09. The fraction of sp³-hybridized carbons (Fsp3) is 0.750. The minimum Gasteiger partial charge on any atom is -0.368 e. The first-order valence-corrected chi connectivity index (χ1v) is 7.01. The summed E-state index contributed by atoms with van der Waals surface area (Å²) in [7, 11) is 0. The zero-order valence-electron chi connectivity index (χ0n) is 11.4. The minimum absolute atomic E-state index is 0.0289. The van der Waals surface area contributed by atoms with Crippen molar-refractivity contribution < 1.29 is 13.2 Å². The monoisotopic (exact) mass is 302 g/mol. The standard InChI is InChI=1S/C12H17F3N6/c13-12(14,15)11(4-5-11)20-9-17-8(16)18-10(19-9)21-6-2-1-3-7-21/h1-7H2,(H3,16,17,18,19,20). The van der Waals surface area contributed by atoms with Crippen LogP contribution in [0.15, 0.2) is 0 Å². The van der Waals surface area contributed by atoms with Crippen LogP contribution in [0.5, 0.6) is 0 Å². The van der Waals surface area contributed by atoms with Gasteiger partial charge in [0.1, 0.15) is 5.54 Å². The van der Waals surface area contributed by atoms with Gasteiger partial charge in [0.05, 0.1) is 0 Å². The van der Waals surface area contributed by atoms with Crippen LogP contribution in [0.4, 0.5) is 31.0 Å². The molecule has 1 saturated heterocycles. The Morgan fingerprint density at radius 1 is 1.05 bits per heavy atom. The van der Waals surface area contributed by atoms with Gasteiger partial charge < -0.3 is 16.0 Å². The number of nitrogens with two attached hydrogens (primary N) is 1. The van der Waals surface area contributed by atoms with Crippen LogP contribution in [0.1, 0.15) is 32.1 Å². The first kappa shape index (κ1) is 14.2. The molecule has 0 atom stereocenters. The molecule has 0 radical (unpaired) electrons. The lowest BCUT2D eigenvalue weighted by atomic mass is 10.1. The van der Waals surface area contributed by atoms with E-state index in [4.69, 9.17) is 5.73 Å². The summed E-state index contributed by atoms with van der Waals surface area (Å²) in [6, 6.07) is 0. The summed E-state index contributed by atoms with van der Waals surface area (Å²) in [5, 5.41) is 2.40. The van der Waals surface area contributed by atoms with E-state index < -0.39 is 11.7 Å². The predicted octanol–water partition coefficient (Wildman–Crippen LogP) is 1.95. The number of nitrogens with one attached hydrogen (secondary N) is 1. The quantitative estimate of drug-likeness (QED) is 0.888. The molecular formula is C12H17F3N6. The maximum absolute atomic E-state index is 13.0. The molecule has 1 aliphatic heterocycles. The highest BCUT2D eigenvalue weighted by Gasteiger charge is 2.64. The highest BCUT2D eigenvalue weighted by molar-refractivity contribution is 5.45. The van der Waals surface area contributed by atoms with E-state index in [0.29, 0.717) is 5.95 Å². The molecule has 3 rings (SSSR count). The van der Waals surface area contributed by atoms with Gasteiger partial charge in [-0.25, -0.2) is 0 Å². The topological polar surface area (TPSA) is 80.0 Å². The van der Waals surface area contributed by atoms with Crippen molar-refractivity contribution in [3.8, 4) is 0 Å². The fourth-order valence-corrected chi connectivity index (χ4v) is 2.49. The summed E-state index contributed by atoms with van der Waals surface area (Å²) in [6.45, 7) is 1.57. The number of hydrogen-bond acceptors (Lipinski definition) is 6. The predicted molar refractivity (Wildman–Crippen MR) is 71.9 cm³/mol. The Labute approximate surface area is 120 Å². The van der Waals surface area contributed by atoms with E-state index in [1.165, 1.54) is 0 Å². The molecule has 0 unspecified atom stereocenters. The van der Waals surface area contributed by atoms with Crippen LogP contribution in [0, 0.1) is 0 Å². The Balaban J connectivity index is 1.81. The van der Waals surface area contributed by atoms with Gasteiger partial charge in [0, 0.05) is 13.1 Å². The number of nitrogens with zero attached hydrogens (tertiary/aromatic N) is 4. The molecule has 2 fully saturated rings. The molecule has 1 saturated carbocycles. The smallest absolute Gasteiger partial charge is 0.368 e. The fourth-order valence-electron chi connectivity index (χ4n) is 2.49. The summed E-state index contributed by atoms with van der Waals surface area (Å²) >= 11 is 0. The molecule has 3 N–H and O–H groups in total. The Kier molecular flexibility index (Phi) is 3.29. The van der Waals surface area contributed by atoms with Crippen molar-refractivity contribution >= 4 is 17.8 Å². The van der Waals surface area contributed by atoms with Gasteiger partial charge in [-0.3, -0.25) is 0 Å². The maximum Gasteiger partial charge on any atom is 0.411 e. The molecule has 0 bridgehead atoms. The van der Waals surface area contributed by atoms with Crippen LogP contribution in [-0.4, -0.2) is 39.8 Å². The van der Waals surface area contributed by atoms with Crippen molar-refractivity contribution in [2.24, 2.45) is 0 Å². The number of alkyl halides is 3. The van der Waals surface area contributed by atoms with E-state index in [2.05, 4.69) is 20.3 Å². The number of rotatable bonds is 3. The van der Waals surface area contributed by atoms with Crippen molar-refractivity contribution in [2.75, 3.05) is 29.0 Å². The summed E-state index contributed by atoms with van der Waals surface area (Å²) in [5.74, 6) is 0.187. The maximum atomic E-state index is 13.0. The Hall–Kier alpha value is -1.80. The van der Waals surface area contributed by atoms with E-state index in [0.717, 1.165) is 32.4 Å². The van der Waals surface area contributed by atoms with Crippen molar-refractivity contribution in [1.82, 2.24) is 15.0 Å². The molecule has 6 nitrogen and oxygen atoms in total. The van der Waals surface area contributed by atoms with Crippen LogP contribution >= 0.6 is 0 Å². The number of aromatic nitrogens is 3. The van der Waals surface area contributed by atoms with Gasteiger partial charge in [-0.1, -0.05) is 0 Å². The lowest BCUT2D eigenvalue weighted by molar-refractivity contribution is -0.151. The Morgan fingerprint density at radius 3 is 2.29 bits per heavy atom. The molecule has 2 heterocycles. The SMILES string of the molecule is Nc1nc(NC2(C(F)(F)F)CC2)nc(N2CCCCC2)n1. The zero-order valence-corrected chi connectivity index (χ0v) is 11.4. The zero-order chi connectivity index (χ0) is 15.1. The van der Waals surface area contributed by atoms with Crippen molar-refractivity contribution in [3.05, 3.63) is 0 Å². The Bertz CT molecular complexity index is 522. The highest BCUT2D eigenvalue weighted by Crippen LogP contribution is 2.50. The molecule has 1 aliphatic carbocycles. The van der Waals surface area contributed by atoms with Crippen LogP contribution in [0.2, 0.25) is 0 Å². The second kappa shape index (κ2) is 4.88. The molecule has 1 aromatic rings. The van der Waals surface area contributed by atoms with Gasteiger partial charge in [-0.2, -0.15) is 28.1 Å². The molecule has 9 heteroatoms. The van der Waals surface area contributed by atoms with Crippen LogP contribution in [0.25, 0.3) is 0 Å². The van der Waals surface area contributed by atoms with Gasteiger partial charge in [0.15, 0.2) is 0 Å². The van der Waals surface area contributed by atoms with Crippen LogP contribution in [-0.2, 0) is 0 Å². The average Bonchev–Trinajstić information content (AvgIpc) is 3.19. The third-order valence-corrected chi connectivity index (χ3v) is 3.92. The molecule has 116 valence electrons. The van der Waals surface area contributed by atoms with E-state index in [1.807, 2.05) is 4.90 Å². The molecule has 0 amide bonds. The second-order valence-corrected chi connectivity index (χ2v) is 5.57. The Morgan fingerprint density at radius 2 is 1.71 bits per heavy atom. The number of nitrogen functional groups attached to an aromatic ring is 1. The van der Waals surface area contributed by atoms with Crippen molar-refractivity contribution in [1.29, 1.82) is 0 Å². The first-order chi connectivity index (χ1) is 9.90. The molecule has 0 spiro atoms. The summed E-state index contributed by atoms with van der Waals surface area (Å²) in [4.78, 5) is 13.9. The van der Waals surface area contributed by atoms with E-state index in [1.54, 1.807) is 0 Å². The van der Waals surface area contributed by atoms with E-state index in [-0.39, 0.29) is 24.7 Å². The van der Waals surface area contributed by atoms with Gasteiger partial charge in [0.25, 0.3) is 0 Å². The molecule has 1 aromatic heterocycles. The van der Waals surface area contributed by atoms with Gasteiger partial charge in [0.2, 0.25) is 17.8 Å². The second-order valence-electron chi connectivity index (χ2n) is 5.57. The highest BCUT2D eigenvalue weighted by atomic mass is 19.4. The third-order valence-electron chi connectivity index (χ3n) is 3.92. The molecule has 2 aliphatic rings. The molecule has 21 heavy (non-hydrogen) atoms. The lowest BCUT2D eigenvalue weighted by Crippen LogP contribution is -2.39. The lowest BCUT2D eigenvalue weighted by Gasteiger charge is -2.27. The number of anilines is 3. The van der Waals surface area contributed by atoms with Crippen LogP contribution in [0.3, 0.4) is 0 Å². The van der Waals surface area contributed by atoms with Crippen LogP contribution < -0.4 is 16.0 Å². The number of hydrogen-bond donors (Lipinski definition) is 2. The normalized spacial score (nSPS) is 21.2. The van der Waals surface area contributed by atoms with E-state index in [9.17, 15) is 13.2 Å². The molecular weight excluding hydrogens is 285 g/mol. The van der Waals surface area contributed by atoms with Gasteiger partial charge in [-0.15, -0.1) is 0 Å². The van der Waals surface area contributed by atoms with Crippen molar-refractivity contribution in [2.45, 2.75) is 43.8 Å². The van der Waals surface area contributed by atoms with Gasteiger partial charge in [-0.05, 0) is 32.1 Å². The van der Waals surface area contributed by atoms with Crippen molar-refractivity contribution in [3.63, 3.8) is 0 Å². The summed E-state index contributed by atoms with van der Waals surface area (Å²) < 4.78 is 38.9. The number of piperidine rings is 1. The third kappa shape index (κ3) is 2.81. The first-order valence-electron chi connectivity index (χ1n) is 7.01. The summed E-state index contributed by atoms with van der Waals surface area (Å²) in [5.41, 5.74) is 3.70. The van der Waals surface area contributed by atoms with Gasteiger partial charge >= 0.3 is 6.18 Å².